The molecule has 0 radical (unpaired) electrons. The van der Waals surface area contributed by atoms with Crippen molar-refractivity contribution < 1.29 is 33.6 Å². The molecule has 2 N–H and O–H groups in total. The Bertz CT molecular complexity index is 1100. The number of unbranched alkanes of at least 4 members (excludes halogenated alkanes) is 1. The number of rotatable bonds is 10. The second-order valence-electron chi connectivity index (χ2n) is 8.00. The molecule has 4 rings (SSSR count). The number of carbonyl (C=O) groups is 2. The van der Waals surface area contributed by atoms with Crippen molar-refractivity contribution in [3.63, 3.8) is 0 Å². The van der Waals surface area contributed by atoms with Crippen LogP contribution in [-0.2, 0) is 9.59 Å². The Morgan fingerprint density at radius 1 is 1.17 bits per heavy atom. The fourth-order valence-electron chi connectivity index (χ4n) is 3.63. The number of phenolic OH excluding ortho intramolecular Hbond substituents is 1. The summed E-state index contributed by atoms with van der Waals surface area (Å²) in [5, 5.41) is 13.1. The van der Waals surface area contributed by atoms with E-state index in [4.69, 9.17) is 18.9 Å². The van der Waals surface area contributed by atoms with Crippen LogP contribution in [-0.4, -0.2) is 41.9 Å². The molecule has 1 saturated heterocycles. The lowest BCUT2D eigenvalue weighted by Gasteiger charge is -2.12. The van der Waals surface area contributed by atoms with Crippen LogP contribution in [0.2, 0.25) is 0 Å². The maximum absolute atomic E-state index is 12.6. The van der Waals surface area contributed by atoms with Crippen LogP contribution in [0.5, 0.6) is 28.7 Å². The summed E-state index contributed by atoms with van der Waals surface area (Å²) in [6, 6.07) is 7.88. The van der Waals surface area contributed by atoms with Crippen molar-refractivity contribution in [1.29, 1.82) is 0 Å². The molecule has 1 fully saturated rings. The Kier molecular flexibility index (Phi) is 8.70. The van der Waals surface area contributed by atoms with Gasteiger partial charge in [-0.3, -0.25) is 9.59 Å². The van der Waals surface area contributed by atoms with Gasteiger partial charge in [-0.15, -0.1) is 0 Å². The molecule has 186 valence electrons. The molecule has 35 heavy (non-hydrogen) atoms. The second kappa shape index (κ2) is 12.1. The first-order valence-corrected chi connectivity index (χ1v) is 13.7. The van der Waals surface area contributed by atoms with Gasteiger partial charge in [-0.1, -0.05) is 34.1 Å². The number of phenols is 1. The van der Waals surface area contributed by atoms with E-state index in [0.29, 0.717) is 40.2 Å². The molecule has 0 saturated carbocycles. The van der Waals surface area contributed by atoms with Crippen LogP contribution in [0.1, 0.15) is 37.7 Å². The highest BCUT2D eigenvalue weighted by Crippen LogP contribution is 2.42. The van der Waals surface area contributed by atoms with Crippen molar-refractivity contribution >= 4 is 45.2 Å². The molecule has 2 heterocycles. The second-order valence-corrected chi connectivity index (χ2v) is 10.8. The fourth-order valence-corrected chi connectivity index (χ4v) is 6.66. The van der Waals surface area contributed by atoms with Gasteiger partial charge in [0, 0.05) is 35.6 Å². The zero-order valence-electron chi connectivity index (χ0n) is 19.3. The minimum Gasteiger partial charge on any atom is -0.504 e. The van der Waals surface area contributed by atoms with Crippen LogP contribution < -0.4 is 24.3 Å². The fraction of sp³-hybridized carbons (Fsp3) is 0.360. The molecule has 2 aromatic carbocycles. The SMILES string of the molecule is COc1cc(/C=C/C(=O)Nc2cc3c(cc2OC(=O)CCCCC2CCSS2)OCO3)ccc1O. The number of aromatic hydroxyl groups is 1. The van der Waals surface area contributed by atoms with Gasteiger partial charge in [0.05, 0.1) is 12.8 Å². The van der Waals surface area contributed by atoms with E-state index < -0.39 is 5.91 Å². The molecule has 8 nitrogen and oxygen atoms in total. The molecule has 1 amide bonds. The number of hydrogen-bond donors (Lipinski definition) is 2. The summed E-state index contributed by atoms with van der Waals surface area (Å²) in [6.45, 7) is 0.0557. The predicted molar refractivity (Wildman–Crippen MR) is 137 cm³/mol. The Morgan fingerprint density at radius 2 is 2.00 bits per heavy atom. The van der Waals surface area contributed by atoms with Gasteiger partial charge in [0.2, 0.25) is 12.7 Å². The molecule has 10 heteroatoms. The lowest BCUT2D eigenvalue weighted by molar-refractivity contribution is -0.134. The summed E-state index contributed by atoms with van der Waals surface area (Å²) < 4.78 is 21.5. The van der Waals surface area contributed by atoms with E-state index in [0.717, 1.165) is 19.3 Å². The van der Waals surface area contributed by atoms with Crippen molar-refractivity contribution in [2.24, 2.45) is 0 Å². The van der Waals surface area contributed by atoms with Crippen LogP contribution in [0.25, 0.3) is 6.08 Å². The lowest BCUT2D eigenvalue weighted by Crippen LogP contribution is -2.13. The highest BCUT2D eigenvalue weighted by Gasteiger charge is 2.21. The molecule has 2 aliphatic heterocycles. The van der Waals surface area contributed by atoms with E-state index in [1.165, 1.54) is 31.4 Å². The molecule has 0 aliphatic carbocycles. The number of esters is 1. The van der Waals surface area contributed by atoms with Crippen molar-refractivity contribution in [1.82, 2.24) is 0 Å². The van der Waals surface area contributed by atoms with Crippen molar-refractivity contribution in [2.45, 2.75) is 37.4 Å². The van der Waals surface area contributed by atoms with E-state index >= 15 is 0 Å². The first kappa shape index (κ1) is 25.1. The Labute approximate surface area is 211 Å². The average molecular weight is 518 g/mol. The van der Waals surface area contributed by atoms with Crippen LogP contribution in [0.3, 0.4) is 0 Å². The van der Waals surface area contributed by atoms with Gasteiger partial charge in [-0.2, -0.15) is 0 Å². The monoisotopic (exact) mass is 517 g/mol. The molecule has 0 spiro atoms. The summed E-state index contributed by atoms with van der Waals surface area (Å²) in [4.78, 5) is 25.1. The Hall–Kier alpha value is -2.98. The van der Waals surface area contributed by atoms with Gasteiger partial charge < -0.3 is 29.4 Å². The standard InChI is InChI=1S/C25H27NO7S2/c1-30-21-12-16(6-8-19(21)27)7-9-24(28)26-18-13-22-23(32-15-31-22)14-20(18)33-25(29)5-3-2-4-17-10-11-34-35-17/h6-9,12-14,17,27H,2-5,10-11,15H2,1H3,(H,26,28)/b9-7+. The number of amides is 1. The van der Waals surface area contributed by atoms with E-state index in [9.17, 15) is 14.7 Å². The normalized spacial score (nSPS) is 16.4. The number of anilines is 1. The van der Waals surface area contributed by atoms with Crippen LogP contribution in [0.15, 0.2) is 36.4 Å². The van der Waals surface area contributed by atoms with E-state index in [2.05, 4.69) is 5.32 Å². The third-order valence-corrected chi connectivity index (χ3v) is 8.48. The minimum absolute atomic E-state index is 0.0114. The maximum Gasteiger partial charge on any atom is 0.311 e. The molecule has 2 aliphatic rings. The van der Waals surface area contributed by atoms with Crippen LogP contribution >= 0.6 is 21.6 Å². The Balaban J connectivity index is 1.37. The van der Waals surface area contributed by atoms with Gasteiger partial charge in [-0.05, 0) is 43.0 Å². The summed E-state index contributed by atoms with van der Waals surface area (Å²) >= 11 is 0. The third-order valence-electron chi connectivity index (χ3n) is 5.47. The largest absolute Gasteiger partial charge is 0.504 e. The average Bonchev–Trinajstić information content (AvgIpc) is 3.53. The van der Waals surface area contributed by atoms with Crippen molar-refractivity contribution in [3.05, 3.63) is 42.0 Å². The highest BCUT2D eigenvalue weighted by molar-refractivity contribution is 8.77. The quantitative estimate of drug-likeness (QED) is 0.141. The first-order chi connectivity index (χ1) is 17.0. The number of nitrogens with one attached hydrogen (secondary N) is 1. The van der Waals surface area contributed by atoms with Gasteiger partial charge >= 0.3 is 5.97 Å². The number of carbonyl (C=O) groups excluding carboxylic acids is 2. The predicted octanol–water partition coefficient (Wildman–Crippen LogP) is 5.40. The van der Waals surface area contributed by atoms with Gasteiger partial charge in [0.15, 0.2) is 28.7 Å². The summed E-state index contributed by atoms with van der Waals surface area (Å²) in [6.07, 6.45) is 7.29. The minimum atomic E-state index is -0.430. The number of ether oxygens (including phenoxy) is 4. The highest BCUT2D eigenvalue weighted by atomic mass is 33.1. The summed E-state index contributed by atoms with van der Waals surface area (Å²) in [7, 11) is 5.31. The van der Waals surface area contributed by atoms with E-state index in [1.807, 2.05) is 21.6 Å². The smallest absolute Gasteiger partial charge is 0.311 e. The summed E-state index contributed by atoms with van der Waals surface area (Å²) in [5.74, 6) is 1.84. The van der Waals surface area contributed by atoms with E-state index in [-0.39, 0.29) is 24.3 Å². The summed E-state index contributed by atoms with van der Waals surface area (Å²) in [5.41, 5.74) is 0.974. The zero-order chi connectivity index (χ0) is 24.6. The van der Waals surface area contributed by atoms with Gasteiger partial charge in [0.1, 0.15) is 0 Å². The van der Waals surface area contributed by atoms with Crippen LogP contribution in [0.4, 0.5) is 5.69 Å². The molecule has 0 aromatic heterocycles. The molecular weight excluding hydrogens is 490 g/mol. The zero-order valence-corrected chi connectivity index (χ0v) is 20.9. The van der Waals surface area contributed by atoms with Gasteiger partial charge in [-0.25, -0.2) is 0 Å². The number of fused-ring (bicyclic) bond motifs is 1. The lowest BCUT2D eigenvalue weighted by atomic mass is 10.1. The van der Waals surface area contributed by atoms with E-state index in [1.54, 1.807) is 30.3 Å². The maximum atomic E-state index is 12.6. The van der Waals surface area contributed by atoms with Crippen LogP contribution in [0, 0.1) is 0 Å². The first-order valence-electron chi connectivity index (χ1n) is 11.3. The number of hydrogen-bond acceptors (Lipinski definition) is 9. The molecule has 2 aromatic rings. The third kappa shape index (κ3) is 7.02. The topological polar surface area (TPSA) is 103 Å². The number of methoxy groups -OCH3 is 1. The molecular formula is C25H27NO7S2. The van der Waals surface area contributed by atoms with Crippen molar-refractivity contribution in [2.75, 3.05) is 25.0 Å². The van der Waals surface area contributed by atoms with Crippen molar-refractivity contribution in [3.8, 4) is 28.7 Å². The molecule has 1 unspecified atom stereocenters. The van der Waals surface area contributed by atoms with Gasteiger partial charge in [0.25, 0.3) is 0 Å². The Morgan fingerprint density at radius 3 is 2.77 bits per heavy atom. The number of benzene rings is 2. The molecule has 0 bridgehead atoms. The molecule has 1 atom stereocenters.